The van der Waals surface area contributed by atoms with Gasteiger partial charge in [0.2, 0.25) is 0 Å². The Morgan fingerprint density at radius 2 is 1.90 bits per heavy atom. The van der Waals surface area contributed by atoms with E-state index in [1.54, 1.807) is 11.3 Å². The van der Waals surface area contributed by atoms with Crippen LogP contribution in [0, 0.1) is 2.88 Å². The molecule has 2 aromatic rings. The Kier molecular flexibility index (Phi) is 2.05. The van der Waals surface area contributed by atoms with Crippen LogP contribution in [0.1, 0.15) is 0 Å². The SMILES string of the molecule is Brc1cc2sc(I)cc2s1. The molecule has 52 valence electrons. The molecular formula is C6H2BrIS2. The van der Waals surface area contributed by atoms with Gasteiger partial charge in [0.25, 0.3) is 0 Å². The standard InChI is InChI=1S/C6H2BrIS2/c7-5-1-3-4(9-5)2-6(8)10-3/h1-2H. The first kappa shape index (κ1) is 7.52. The van der Waals surface area contributed by atoms with Gasteiger partial charge in [0.1, 0.15) is 0 Å². The van der Waals surface area contributed by atoms with Crippen molar-refractivity contribution in [1.82, 2.24) is 0 Å². The molecule has 4 heteroatoms. The first-order chi connectivity index (χ1) is 4.75. The molecule has 2 heterocycles. The summed E-state index contributed by atoms with van der Waals surface area (Å²) in [7, 11) is 0. The van der Waals surface area contributed by atoms with Gasteiger partial charge in [-0.3, -0.25) is 0 Å². The summed E-state index contributed by atoms with van der Waals surface area (Å²) in [5.74, 6) is 0. The molecule has 0 radical (unpaired) electrons. The Hall–Kier alpha value is 0.870. The molecule has 0 bridgehead atoms. The lowest BCUT2D eigenvalue weighted by atomic mass is 10.5. The molecule has 0 unspecified atom stereocenters. The summed E-state index contributed by atoms with van der Waals surface area (Å²) in [5, 5.41) is 0. The van der Waals surface area contributed by atoms with Gasteiger partial charge in [-0.25, -0.2) is 0 Å². The van der Waals surface area contributed by atoms with Gasteiger partial charge in [0, 0.05) is 9.40 Å². The van der Waals surface area contributed by atoms with E-state index in [1.807, 2.05) is 11.3 Å². The Bertz CT molecular complexity index is 300. The molecule has 2 rings (SSSR count). The van der Waals surface area contributed by atoms with Gasteiger partial charge in [-0.15, -0.1) is 22.7 Å². The van der Waals surface area contributed by atoms with Gasteiger partial charge in [0.05, 0.1) is 6.67 Å². The van der Waals surface area contributed by atoms with Crippen LogP contribution in [0.5, 0.6) is 0 Å². The van der Waals surface area contributed by atoms with E-state index in [0.717, 1.165) is 0 Å². The Balaban J connectivity index is 2.83. The van der Waals surface area contributed by atoms with Gasteiger partial charge in [-0.1, -0.05) is 0 Å². The summed E-state index contributed by atoms with van der Waals surface area (Å²) in [5.41, 5.74) is 0. The number of halogens is 2. The van der Waals surface area contributed by atoms with Crippen LogP contribution >= 0.6 is 61.2 Å². The molecule has 0 spiro atoms. The van der Waals surface area contributed by atoms with E-state index in [1.165, 1.54) is 16.1 Å². The second-order valence-electron chi connectivity index (χ2n) is 1.83. The van der Waals surface area contributed by atoms with Crippen LogP contribution in [0.3, 0.4) is 0 Å². The van der Waals surface area contributed by atoms with Crippen molar-refractivity contribution >= 4 is 70.6 Å². The van der Waals surface area contributed by atoms with Crippen molar-refractivity contribution in [3.05, 3.63) is 18.8 Å². The summed E-state index contributed by atoms with van der Waals surface area (Å²) in [6, 6.07) is 4.39. The maximum atomic E-state index is 3.45. The van der Waals surface area contributed by atoms with Gasteiger partial charge in [-0.2, -0.15) is 0 Å². The van der Waals surface area contributed by atoms with Crippen molar-refractivity contribution in [3.8, 4) is 0 Å². The maximum absolute atomic E-state index is 3.45. The number of rotatable bonds is 0. The molecule has 0 nitrogen and oxygen atoms in total. The molecule has 2 aromatic heterocycles. The number of hydrogen-bond donors (Lipinski definition) is 0. The number of fused-ring (bicyclic) bond motifs is 1. The van der Waals surface area contributed by atoms with Crippen LogP contribution in [0.2, 0.25) is 0 Å². The quantitative estimate of drug-likeness (QED) is 0.624. The zero-order valence-electron chi connectivity index (χ0n) is 4.73. The average Bonchev–Trinajstić information content (AvgIpc) is 2.21. The highest BCUT2D eigenvalue weighted by molar-refractivity contribution is 14.1. The van der Waals surface area contributed by atoms with E-state index in [2.05, 4.69) is 50.7 Å². The van der Waals surface area contributed by atoms with E-state index >= 15 is 0 Å². The number of hydrogen-bond acceptors (Lipinski definition) is 2. The van der Waals surface area contributed by atoms with Crippen molar-refractivity contribution < 1.29 is 0 Å². The minimum Gasteiger partial charge on any atom is -0.128 e. The van der Waals surface area contributed by atoms with E-state index in [9.17, 15) is 0 Å². The van der Waals surface area contributed by atoms with E-state index < -0.39 is 0 Å². The van der Waals surface area contributed by atoms with Crippen molar-refractivity contribution in [1.29, 1.82) is 0 Å². The molecule has 0 aromatic carbocycles. The zero-order valence-corrected chi connectivity index (χ0v) is 10.1. The highest BCUT2D eigenvalue weighted by atomic mass is 127. The molecular weight excluding hydrogens is 343 g/mol. The molecule has 10 heavy (non-hydrogen) atoms. The Morgan fingerprint density at radius 3 is 2.60 bits per heavy atom. The minimum absolute atomic E-state index is 1.23. The smallest absolute Gasteiger partial charge is 0.0719 e. The third-order valence-corrected chi connectivity index (χ3v) is 4.70. The summed E-state index contributed by atoms with van der Waals surface area (Å²) >= 11 is 9.44. The van der Waals surface area contributed by atoms with Crippen molar-refractivity contribution in [2.45, 2.75) is 0 Å². The second kappa shape index (κ2) is 2.73. The van der Waals surface area contributed by atoms with Crippen molar-refractivity contribution in [2.24, 2.45) is 0 Å². The monoisotopic (exact) mass is 344 g/mol. The molecule has 0 N–H and O–H groups in total. The molecule has 0 aliphatic carbocycles. The summed E-state index contributed by atoms with van der Waals surface area (Å²) in [4.78, 5) is 0. The lowest BCUT2D eigenvalue weighted by Crippen LogP contribution is -1.42. The first-order valence-corrected chi connectivity index (χ1v) is 6.10. The Morgan fingerprint density at radius 1 is 1.20 bits per heavy atom. The zero-order chi connectivity index (χ0) is 7.14. The van der Waals surface area contributed by atoms with Crippen LogP contribution in [-0.2, 0) is 0 Å². The summed E-state index contributed by atoms with van der Waals surface area (Å²) < 4.78 is 5.37. The predicted molar refractivity (Wildman–Crippen MR) is 60.1 cm³/mol. The molecule has 0 aliphatic rings. The minimum atomic E-state index is 1.23. The van der Waals surface area contributed by atoms with Gasteiger partial charge >= 0.3 is 0 Å². The highest BCUT2D eigenvalue weighted by Crippen LogP contribution is 2.35. The fourth-order valence-corrected chi connectivity index (χ4v) is 4.76. The predicted octanol–water partition coefficient (Wildman–Crippen LogP) is 4.33. The fourth-order valence-electron chi connectivity index (χ4n) is 0.777. The molecule has 0 amide bonds. The number of thiophene rings is 2. The van der Waals surface area contributed by atoms with Crippen LogP contribution in [0.4, 0.5) is 0 Å². The van der Waals surface area contributed by atoms with Crippen LogP contribution in [0.25, 0.3) is 9.40 Å². The third kappa shape index (κ3) is 1.26. The van der Waals surface area contributed by atoms with E-state index in [-0.39, 0.29) is 0 Å². The molecule has 0 aliphatic heterocycles. The van der Waals surface area contributed by atoms with Crippen LogP contribution in [0.15, 0.2) is 15.9 Å². The van der Waals surface area contributed by atoms with Gasteiger partial charge < -0.3 is 0 Å². The van der Waals surface area contributed by atoms with Gasteiger partial charge in [-0.05, 0) is 50.7 Å². The molecule has 0 fully saturated rings. The highest BCUT2D eigenvalue weighted by Gasteiger charge is 2.02. The Labute approximate surface area is 88.5 Å². The molecule has 0 saturated carbocycles. The summed E-state index contributed by atoms with van der Waals surface area (Å²) in [6.07, 6.45) is 0. The fraction of sp³-hybridized carbons (Fsp3) is 0. The van der Waals surface area contributed by atoms with Crippen LogP contribution in [-0.4, -0.2) is 0 Å². The second-order valence-corrected chi connectivity index (χ2v) is 7.27. The average molecular weight is 345 g/mol. The van der Waals surface area contributed by atoms with E-state index in [0.29, 0.717) is 0 Å². The maximum Gasteiger partial charge on any atom is 0.0719 e. The molecule has 0 saturated heterocycles. The van der Waals surface area contributed by atoms with Crippen molar-refractivity contribution in [3.63, 3.8) is 0 Å². The van der Waals surface area contributed by atoms with Crippen LogP contribution < -0.4 is 0 Å². The third-order valence-electron chi connectivity index (χ3n) is 1.15. The first-order valence-electron chi connectivity index (χ1n) is 2.60. The van der Waals surface area contributed by atoms with Gasteiger partial charge in [0.15, 0.2) is 0 Å². The lowest BCUT2D eigenvalue weighted by Gasteiger charge is -1.71. The lowest BCUT2D eigenvalue weighted by molar-refractivity contribution is 2.12. The van der Waals surface area contributed by atoms with Crippen molar-refractivity contribution in [2.75, 3.05) is 0 Å². The molecule has 0 atom stereocenters. The summed E-state index contributed by atoms with van der Waals surface area (Å²) in [6.45, 7) is 0. The van der Waals surface area contributed by atoms with E-state index in [4.69, 9.17) is 0 Å². The normalized spacial score (nSPS) is 11.0. The largest absolute Gasteiger partial charge is 0.128 e. The topological polar surface area (TPSA) is 0 Å².